The van der Waals surface area contributed by atoms with Gasteiger partial charge < -0.3 is 0 Å². The van der Waals surface area contributed by atoms with E-state index in [2.05, 4.69) is 0 Å². The number of hydrogen-bond donors (Lipinski definition) is 0. The minimum absolute atomic E-state index is 0.225. The maximum absolute atomic E-state index is 13.4. The fourth-order valence-corrected chi connectivity index (χ4v) is 3.29. The van der Waals surface area contributed by atoms with Crippen LogP contribution >= 0.6 is 0 Å². The molecule has 0 amide bonds. The van der Waals surface area contributed by atoms with E-state index >= 15 is 0 Å². The molecular weight excluding hydrogens is 229 g/mol. The molecule has 16 heavy (non-hydrogen) atoms. The standard InChI is InChI=1S/C11H13FNO2S/c12-10-6-2-3-7-11(10)16(14,15)13-8-4-1-5-9-13/h1-3,6-7H,4-5,8-9H2. The summed E-state index contributed by atoms with van der Waals surface area (Å²) in [6.45, 7) is 0.882. The smallest absolute Gasteiger partial charge is 0.207 e. The molecule has 1 fully saturated rings. The van der Waals surface area contributed by atoms with Gasteiger partial charge in [-0.3, -0.25) is 0 Å². The Morgan fingerprint density at radius 2 is 1.75 bits per heavy atom. The number of halogens is 1. The molecule has 1 aliphatic heterocycles. The Hall–Kier alpha value is -0.940. The summed E-state index contributed by atoms with van der Waals surface area (Å²) in [7, 11) is -3.65. The van der Waals surface area contributed by atoms with Crippen LogP contribution in [0.1, 0.15) is 12.8 Å². The van der Waals surface area contributed by atoms with E-state index in [1.54, 1.807) is 0 Å². The van der Waals surface area contributed by atoms with Crippen LogP contribution in [-0.4, -0.2) is 25.8 Å². The van der Waals surface area contributed by atoms with Gasteiger partial charge in [0.05, 0.1) is 0 Å². The number of piperidine rings is 1. The van der Waals surface area contributed by atoms with Gasteiger partial charge in [-0.25, -0.2) is 12.8 Å². The Balaban J connectivity index is 2.35. The Labute approximate surface area is 94.9 Å². The van der Waals surface area contributed by atoms with Gasteiger partial charge in [-0.05, 0) is 31.4 Å². The summed E-state index contributed by atoms with van der Waals surface area (Å²) in [5.74, 6) is -0.683. The van der Waals surface area contributed by atoms with Crippen molar-refractivity contribution in [2.75, 3.05) is 13.1 Å². The molecule has 1 aromatic carbocycles. The zero-order valence-corrected chi connectivity index (χ0v) is 9.58. The summed E-state index contributed by atoms with van der Waals surface area (Å²) in [5.41, 5.74) is 0. The van der Waals surface area contributed by atoms with Crippen LogP contribution in [-0.2, 0) is 10.0 Å². The molecule has 0 saturated carbocycles. The van der Waals surface area contributed by atoms with E-state index in [1.165, 1.54) is 28.6 Å². The second-order valence-electron chi connectivity index (χ2n) is 3.70. The number of hydrogen-bond acceptors (Lipinski definition) is 2. The van der Waals surface area contributed by atoms with Crippen molar-refractivity contribution >= 4 is 10.0 Å². The number of rotatable bonds is 2. The first-order valence-corrected chi connectivity index (χ1v) is 6.63. The molecule has 3 nitrogen and oxygen atoms in total. The fourth-order valence-electron chi connectivity index (χ4n) is 1.76. The third-order valence-corrected chi connectivity index (χ3v) is 4.55. The maximum atomic E-state index is 13.4. The molecule has 0 aromatic heterocycles. The van der Waals surface area contributed by atoms with E-state index in [1.807, 2.05) is 6.42 Å². The largest absolute Gasteiger partial charge is 0.245 e. The van der Waals surface area contributed by atoms with Crippen molar-refractivity contribution in [3.8, 4) is 0 Å². The highest BCUT2D eigenvalue weighted by atomic mass is 32.2. The lowest BCUT2D eigenvalue weighted by Gasteiger charge is -2.25. The van der Waals surface area contributed by atoms with E-state index in [4.69, 9.17) is 0 Å². The van der Waals surface area contributed by atoms with Crippen molar-refractivity contribution in [2.45, 2.75) is 17.7 Å². The Morgan fingerprint density at radius 1 is 1.12 bits per heavy atom. The van der Waals surface area contributed by atoms with Crippen molar-refractivity contribution in [1.29, 1.82) is 0 Å². The van der Waals surface area contributed by atoms with Gasteiger partial charge in [-0.2, -0.15) is 4.31 Å². The van der Waals surface area contributed by atoms with Crippen molar-refractivity contribution in [3.63, 3.8) is 0 Å². The first-order chi connectivity index (χ1) is 7.62. The van der Waals surface area contributed by atoms with Crippen molar-refractivity contribution < 1.29 is 12.8 Å². The van der Waals surface area contributed by atoms with E-state index < -0.39 is 15.8 Å². The van der Waals surface area contributed by atoms with Gasteiger partial charge in [0, 0.05) is 13.1 Å². The normalized spacial score (nSPS) is 18.6. The molecule has 0 atom stereocenters. The molecule has 1 aliphatic rings. The number of sulfonamides is 1. The molecule has 0 unspecified atom stereocenters. The lowest BCUT2D eigenvalue weighted by molar-refractivity contribution is 0.381. The van der Waals surface area contributed by atoms with Crippen molar-refractivity contribution in [3.05, 3.63) is 36.5 Å². The van der Waals surface area contributed by atoms with E-state index in [0.29, 0.717) is 13.1 Å². The summed E-state index contributed by atoms with van der Waals surface area (Å²) in [6.07, 6.45) is 3.51. The second-order valence-corrected chi connectivity index (χ2v) is 5.61. The van der Waals surface area contributed by atoms with E-state index in [9.17, 15) is 12.8 Å². The molecule has 0 N–H and O–H groups in total. The second kappa shape index (κ2) is 4.51. The van der Waals surface area contributed by atoms with Crippen LogP contribution in [0.3, 0.4) is 0 Å². The third-order valence-electron chi connectivity index (χ3n) is 2.62. The van der Waals surface area contributed by atoms with Gasteiger partial charge in [0.15, 0.2) is 0 Å². The van der Waals surface area contributed by atoms with Crippen LogP contribution in [0.4, 0.5) is 4.39 Å². The lowest BCUT2D eigenvalue weighted by Crippen LogP contribution is -2.36. The first kappa shape index (κ1) is 11.5. The third kappa shape index (κ3) is 2.10. The van der Waals surface area contributed by atoms with Gasteiger partial charge >= 0.3 is 0 Å². The Bertz CT molecular complexity index is 467. The molecular formula is C11H13FNO2S. The number of benzene rings is 1. The van der Waals surface area contributed by atoms with Crippen LogP contribution in [0.15, 0.2) is 29.2 Å². The summed E-state index contributed by atoms with van der Waals surface area (Å²) >= 11 is 0. The average Bonchev–Trinajstić information content (AvgIpc) is 2.30. The minimum Gasteiger partial charge on any atom is -0.207 e. The highest BCUT2D eigenvalue weighted by molar-refractivity contribution is 7.89. The van der Waals surface area contributed by atoms with E-state index in [-0.39, 0.29) is 4.90 Å². The quantitative estimate of drug-likeness (QED) is 0.793. The van der Waals surface area contributed by atoms with Gasteiger partial charge in [0.1, 0.15) is 10.7 Å². The van der Waals surface area contributed by atoms with Crippen LogP contribution in [0.5, 0.6) is 0 Å². The Kier molecular flexibility index (Phi) is 3.25. The zero-order valence-electron chi connectivity index (χ0n) is 8.77. The highest BCUT2D eigenvalue weighted by Crippen LogP contribution is 2.21. The van der Waals surface area contributed by atoms with Gasteiger partial charge in [0.25, 0.3) is 0 Å². The molecule has 87 valence electrons. The van der Waals surface area contributed by atoms with Crippen LogP contribution in [0.25, 0.3) is 0 Å². The summed E-state index contributed by atoms with van der Waals surface area (Å²) < 4.78 is 38.9. The van der Waals surface area contributed by atoms with Crippen LogP contribution < -0.4 is 0 Å². The molecule has 1 heterocycles. The minimum atomic E-state index is -3.65. The maximum Gasteiger partial charge on any atom is 0.245 e. The van der Waals surface area contributed by atoms with Crippen LogP contribution in [0.2, 0.25) is 0 Å². The van der Waals surface area contributed by atoms with Gasteiger partial charge in [0.2, 0.25) is 10.0 Å². The van der Waals surface area contributed by atoms with Crippen molar-refractivity contribution in [2.24, 2.45) is 0 Å². The predicted octanol–water partition coefficient (Wildman–Crippen LogP) is 1.81. The molecule has 5 heteroatoms. The summed E-state index contributed by atoms with van der Waals surface area (Å²) in [6, 6.07) is 5.50. The SMILES string of the molecule is O=S(=O)(c1ccccc1F)N1CC[CH]CC1. The highest BCUT2D eigenvalue weighted by Gasteiger charge is 2.27. The molecule has 2 rings (SSSR count). The van der Waals surface area contributed by atoms with Crippen molar-refractivity contribution in [1.82, 2.24) is 4.31 Å². The zero-order chi connectivity index (χ0) is 11.6. The van der Waals surface area contributed by atoms with Gasteiger partial charge in [-0.1, -0.05) is 12.1 Å². The molecule has 1 saturated heterocycles. The molecule has 1 radical (unpaired) electrons. The monoisotopic (exact) mass is 242 g/mol. The number of nitrogens with zero attached hydrogens (tertiary/aromatic N) is 1. The Morgan fingerprint density at radius 3 is 2.38 bits per heavy atom. The molecule has 0 bridgehead atoms. The first-order valence-electron chi connectivity index (χ1n) is 5.19. The van der Waals surface area contributed by atoms with E-state index in [0.717, 1.165) is 12.8 Å². The molecule has 0 aliphatic carbocycles. The van der Waals surface area contributed by atoms with Crippen LogP contribution in [0, 0.1) is 12.2 Å². The topological polar surface area (TPSA) is 37.4 Å². The summed E-state index contributed by atoms with van der Waals surface area (Å²) in [4.78, 5) is -0.225. The fraction of sp³-hybridized carbons (Fsp3) is 0.364. The molecule has 1 aromatic rings. The summed E-state index contributed by atoms with van der Waals surface area (Å²) in [5, 5.41) is 0. The lowest BCUT2D eigenvalue weighted by atomic mass is 10.2. The molecule has 0 spiro atoms. The predicted molar refractivity (Wildman–Crippen MR) is 58.7 cm³/mol. The van der Waals surface area contributed by atoms with Gasteiger partial charge in [-0.15, -0.1) is 0 Å². The average molecular weight is 242 g/mol.